The van der Waals surface area contributed by atoms with Crippen molar-refractivity contribution in [2.45, 2.75) is 39.4 Å². The number of thioether (sulfide) groups is 1. The minimum Gasteiger partial charge on any atom is -0.465 e. The molecule has 0 spiro atoms. The van der Waals surface area contributed by atoms with E-state index in [4.69, 9.17) is 16.3 Å². The van der Waals surface area contributed by atoms with Gasteiger partial charge in [0.25, 0.3) is 0 Å². The number of carbonyl (C=O) groups is 2. The Morgan fingerprint density at radius 3 is 2.61 bits per heavy atom. The zero-order valence-electron chi connectivity index (χ0n) is 14.0. The second kappa shape index (κ2) is 9.83. The molecule has 1 amide bonds. The van der Waals surface area contributed by atoms with E-state index >= 15 is 0 Å². The first-order chi connectivity index (χ1) is 10.8. The van der Waals surface area contributed by atoms with Crippen LogP contribution < -0.4 is 5.32 Å². The molecule has 0 heterocycles. The number of aryl methyl sites for hydroxylation is 1. The molecule has 0 saturated heterocycles. The summed E-state index contributed by atoms with van der Waals surface area (Å²) >= 11 is 7.20. The Morgan fingerprint density at radius 2 is 2.04 bits per heavy atom. The molecule has 0 aliphatic carbocycles. The highest BCUT2D eigenvalue weighted by Gasteiger charge is 2.20. The molecule has 1 rings (SSSR count). The number of amides is 1. The third kappa shape index (κ3) is 7.27. The third-order valence-corrected chi connectivity index (χ3v) is 4.66. The average molecular weight is 358 g/mol. The number of ether oxygens (including phenoxy) is 1. The Kier molecular flexibility index (Phi) is 8.48. The average Bonchev–Trinajstić information content (AvgIpc) is 2.48. The van der Waals surface area contributed by atoms with Crippen molar-refractivity contribution >= 4 is 40.9 Å². The van der Waals surface area contributed by atoms with Crippen molar-refractivity contribution in [2.24, 2.45) is 5.92 Å². The van der Waals surface area contributed by atoms with Crippen molar-refractivity contribution in [3.63, 3.8) is 0 Å². The fraction of sp³-hybridized carbons (Fsp3) is 0.529. The van der Waals surface area contributed by atoms with Gasteiger partial charge in [-0.05, 0) is 43.0 Å². The Balaban J connectivity index is 2.48. The van der Waals surface area contributed by atoms with E-state index in [1.807, 2.05) is 27.7 Å². The van der Waals surface area contributed by atoms with Gasteiger partial charge in [0.1, 0.15) is 5.25 Å². The summed E-state index contributed by atoms with van der Waals surface area (Å²) in [7, 11) is 0. The number of benzene rings is 1. The lowest BCUT2D eigenvalue weighted by atomic mass is 10.2. The molecule has 1 aromatic carbocycles. The first kappa shape index (κ1) is 19.8. The normalized spacial score (nSPS) is 12.1. The molecule has 0 aliphatic heterocycles. The monoisotopic (exact) mass is 357 g/mol. The van der Waals surface area contributed by atoms with Crippen molar-refractivity contribution in [2.75, 3.05) is 17.7 Å². The molecule has 1 aromatic rings. The molecule has 0 aromatic heterocycles. The molecular formula is C17H24ClNO3S. The van der Waals surface area contributed by atoms with Crippen LogP contribution in [0, 0.1) is 12.8 Å². The van der Waals surface area contributed by atoms with Gasteiger partial charge in [-0.15, -0.1) is 11.8 Å². The Hall–Kier alpha value is -1.20. The van der Waals surface area contributed by atoms with Gasteiger partial charge in [-0.25, -0.2) is 0 Å². The van der Waals surface area contributed by atoms with Crippen LogP contribution in [0.4, 0.5) is 5.69 Å². The summed E-state index contributed by atoms with van der Waals surface area (Å²) in [5, 5.41) is 3.15. The summed E-state index contributed by atoms with van der Waals surface area (Å²) in [5.41, 5.74) is 1.63. The van der Waals surface area contributed by atoms with Crippen molar-refractivity contribution in [1.29, 1.82) is 0 Å². The van der Waals surface area contributed by atoms with Crippen molar-refractivity contribution in [3.05, 3.63) is 28.8 Å². The first-order valence-electron chi connectivity index (χ1n) is 7.67. The lowest BCUT2D eigenvalue weighted by Gasteiger charge is -2.15. The molecule has 4 nitrogen and oxygen atoms in total. The molecule has 23 heavy (non-hydrogen) atoms. The molecule has 1 N–H and O–H groups in total. The number of rotatable bonds is 8. The van der Waals surface area contributed by atoms with Gasteiger partial charge in [-0.2, -0.15) is 0 Å². The van der Waals surface area contributed by atoms with Crippen LogP contribution >= 0.6 is 23.4 Å². The highest BCUT2D eigenvalue weighted by molar-refractivity contribution is 8.01. The minimum atomic E-state index is -0.314. The summed E-state index contributed by atoms with van der Waals surface area (Å²) in [5.74, 6) is 0.118. The summed E-state index contributed by atoms with van der Waals surface area (Å²) in [6, 6.07) is 5.30. The number of anilines is 1. The van der Waals surface area contributed by atoms with E-state index in [-0.39, 0.29) is 22.9 Å². The van der Waals surface area contributed by atoms with Crippen LogP contribution in [0.1, 0.15) is 32.8 Å². The minimum absolute atomic E-state index is 0.143. The van der Waals surface area contributed by atoms with Gasteiger partial charge < -0.3 is 10.1 Å². The van der Waals surface area contributed by atoms with E-state index in [0.717, 1.165) is 11.3 Å². The van der Waals surface area contributed by atoms with E-state index in [0.29, 0.717) is 24.0 Å². The topological polar surface area (TPSA) is 55.4 Å². The van der Waals surface area contributed by atoms with Gasteiger partial charge in [0, 0.05) is 10.7 Å². The van der Waals surface area contributed by atoms with Crippen molar-refractivity contribution < 1.29 is 14.3 Å². The number of carbonyl (C=O) groups excluding carboxylic acids is 2. The van der Waals surface area contributed by atoms with Gasteiger partial charge >= 0.3 is 5.97 Å². The molecule has 1 atom stereocenters. The number of hydrogen-bond acceptors (Lipinski definition) is 4. The van der Waals surface area contributed by atoms with E-state index in [2.05, 4.69) is 5.32 Å². The van der Waals surface area contributed by atoms with Crippen molar-refractivity contribution in [1.82, 2.24) is 0 Å². The number of halogens is 1. The number of esters is 1. The summed E-state index contributed by atoms with van der Waals surface area (Å²) in [6.07, 6.45) is 0.634. The largest absolute Gasteiger partial charge is 0.465 e. The quantitative estimate of drug-likeness (QED) is 0.705. The lowest BCUT2D eigenvalue weighted by Crippen LogP contribution is -2.24. The predicted molar refractivity (Wildman–Crippen MR) is 97.2 cm³/mol. The molecule has 6 heteroatoms. The van der Waals surface area contributed by atoms with E-state index in [1.54, 1.807) is 18.2 Å². The highest BCUT2D eigenvalue weighted by atomic mass is 35.5. The van der Waals surface area contributed by atoms with E-state index < -0.39 is 0 Å². The van der Waals surface area contributed by atoms with Crippen LogP contribution in [-0.2, 0) is 14.3 Å². The SMILES string of the molecule is CCC(SCC(=O)Nc1ccc(Cl)cc1C)C(=O)OCC(C)C. The summed E-state index contributed by atoms with van der Waals surface area (Å²) in [4.78, 5) is 24.0. The molecule has 128 valence electrons. The predicted octanol–water partition coefficient (Wildman–Crippen LogP) is 4.30. The Morgan fingerprint density at radius 1 is 1.35 bits per heavy atom. The second-order valence-corrected chi connectivity index (χ2v) is 7.37. The Bertz CT molecular complexity index is 549. The van der Waals surface area contributed by atoms with E-state index in [1.165, 1.54) is 11.8 Å². The lowest BCUT2D eigenvalue weighted by molar-refractivity contribution is -0.144. The van der Waals surface area contributed by atoms with E-state index in [9.17, 15) is 9.59 Å². The molecular weight excluding hydrogens is 334 g/mol. The van der Waals surface area contributed by atoms with Crippen LogP contribution in [0.25, 0.3) is 0 Å². The van der Waals surface area contributed by atoms with Crippen molar-refractivity contribution in [3.8, 4) is 0 Å². The molecule has 0 aliphatic rings. The van der Waals surface area contributed by atoms with Gasteiger partial charge in [-0.1, -0.05) is 32.4 Å². The van der Waals surface area contributed by atoms with Gasteiger partial charge in [0.15, 0.2) is 0 Å². The molecule has 1 unspecified atom stereocenters. The summed E-state index contributed by atoms with van der Waals surface area (Å²) in [6.45, 7) is 8.18. The first-order valence-corrected chi connectivity index (χ1v) is 9.10. The highest BCUT2D eigenvalue weighted by Crippen LogP contribution is 2.21. The molecule has 0 saturated carbocycles. The summed E-state index contributed by atoms with van der Waals surface area (Å²) < 4.78 is 5.23. The standard InChI is InChI=1S/C17H24ClNO3S/c1-5-15(17(21)22-9-11(2)3)23-10-16(20)19-14-7-6-13(18)8-12(14)4/h6-8,11,15H,5,9-10H2,1-4H3,(H,19,20). The number of nitrogens with one attached hydrogen (secondary N) is 1. The van der Waals surface area contributed by atoms with Crippen LogP contribution in [0.15, 0.2) is 18.2 Å². The van der Waals surface area contributed by atoms with Crippen LogP contribution in [0.3, 0.4) is 0 Å². The van der Waals surface area contributed by atoms with Crippen LogP contribution in [0.2, 0.25) is 5.02 Å². The van der Waals surface area contributed by atoms with Gasteiger partial charge in [0.05, 0.1) is 12.4 Å². The van der Waals surface area contributed by atoms with Gasteiger partial charge in [-0.3, -0.25) is 9.59 Å². The fourth-order valence-electron chi connectivity index (χ4n) is 1.82. The van der Waals surface area contributed by atoms with Crippen LogP contribution in [0.5, 0.6) is 0 Å². The maximum absolute atomic E-state index is 12.0. The smallest absolute Gasteiger partial charge is 0.319 e. The number of hydrogen-bond donors (Lipinski definition) is 1. The second-order valence-electron chi connectivity index (χ2n) is 5.74. The maximum atomic E-state index is 12.0. The third-order valence-electron chi connectivity index (χ3n) is 3.07. The van der Waals surface area contributed by atoms with Gasteiger partial charge in [0.2, 0.25) is 5.91 Å². The van der Waals surface area contributed by atoms with Crippen LogP contribution in [-0.4, -0.2) is 29.5 Å². The zero-order valence-corrected chi connectivity index (χ0v) is 15.6. The Labute approximate surface area is 147 Å². The molecule has 0 bridgehead atoms. The molecule has 0 radical (unpaired) electrons. The fourth-order valence-corrected chi connectivity index (χ4v) is 2.92. The maximum Gasteiger partial charge on any atom is 0.319 e. The zero-order chi connectivity index (χ0) is 17.4. The molecule has 0 fully saturated rings.